The number of carbonyl (C=O) groups is 2. The number of amides is 2. The molecule has 0 spiro atoms. The van der Waals surface area contributed by atoms with Gasteiger partial charge in [-0.3, -0.25) is 14.5 Å². The summed E-state index contributed by atoms with van der Waals surface area (Å²) in [6.07, 6.45) is 3.28. The maximum absolute atomic E-state index is 13.8. The molecule has 2 amide bonds. The maximum atomic E-state index is 13.8. The Bertz CT molecular complexity index is 732. The van der Waals surface area contributed by atoms with E-state index < -0.39 is 5.41 Å². The SMILES string of the molecule is CCCN1CCN(C(=O)[C@@]2(c3ccccc3Cl)C[C@@H]3CCC(=O)N3C2)CC1. The summed E-state index contributed by atoms with van der Waals surface area (Å²) in [5, 5.41) is 0.629. The molecule has 3 aliphatic rings. The van der Waals surface area contributed by atoms with Gasteiger partial charge in [0.1, 0.15) is 0 Å². The largest absolute Gasteiger partial charge is 0.339 e. The van der Waals surface area contributed by atoms with Crippen molar-refractivity contribution in [1.82, 2.24) is 14.7 Å². The monoisotopic (exact) mass is 389 g/mol. The van der Waals surface area contributed by atoms with Crippen LogP contribution in [0.15, 0.2) is 24.3 Å². The van der Waals surface area contributed by atoms with E-state index in [1.54, 1.807) is 0 Å². The predicted octanol–water partition coefficient (Wildman–Crippen LogP) is 2.53. The van der Waals surface area contributed by atoms with E-state index in [-0.39, 0.29) is 17.9 Å². The highest BCUT2D eigenvalue weighted by molar-refractivity contribution is 6.31. The van der Waals surface area contributed by atoms with Gasteiger partial charge < -0.3 is 9.80 Å². The highest BCUT2D eigenvalue weighted by Crippen LogP contribution is 2.46. The topological polar surface area (TPSA) is 43.9 Å². The molecule has 146 valence electrons. The van der Waals surface area contributed by atoms with Gasteiger partial charge in [0, 0.05) is 50.2 Å². The lowest BCUT2D eigenvalue weighted by atomic mass is 9.76. The fourth-order valence-electron chi connectivity index (χ4n) is 5.09. The van der Waals surface area contributed by atoms with Gasteiger partial charge in [0.15, 0.2) is 0 Å². The van der Waals surface area contributed by atoms with Crippen LogP contribution >= 0.6 is 11.6 Å². The second kappa shape index (κ2) is 7.44. The Balaban J connectivity index is 1.63. The van der Waals surface area contributed by atoms with Crippen molar-refractivity contribution in [3.05, 3.63) is 34.9 Å². The Kier molecular flexibility index (Phi) is 5.17. The third-order valence-corrected chi connectivity index (χ3v) is 6.80. The zero-order valence-electron chi connectivity index (χ0n) is 16.0. The standard InChI is InChI=1S/C21H28ClN3O2/c1-2-9-23-10-12-24(13-11-23)20(27)21(17-5-3-4-6-18(17)22)14-16-7-8-19(26)25(16)15-21/h3-6,16H,2,7-15H2,1H3/t16-,21-/m0/s1. The lowest BCUT2D eigenvalue weighted by Crippen LogP contribution is -2.55. The molecule has 0 aliphatic carbocycles. The molecule has 3 heterocycles. The molecule has 3 aliphatic heterocycles. The molecule has 1 aromatic rings. The summed E-state index contributed by atoms with van der Waals surface area (Å²) in [4.78, 5) is 32.5. The number of carbonyl (C=O) groups excluding carboxylic acids is 2. The summed E-state index contributed by atoms with van der Waals surface area (Å²) in [5.41, 5.74) is 0.182. The first-order chi connectivity index (χ1) is 13.0. The fourth-order valence-corrected chi connectivity index (χ4v) is 5.40. The molecule has 0 radical (unpaired) electrons. The number of hydrogen-bond acceptors (Lipinski definition) is 3. The molecule has 6 heteroatoms. The van der Waals surface area contributed by atoms with Gasteiger partial charge in [0.05, 0.1) is 5.41 Å². The predicted molar refractivity (Wildman–Crippen MR) is 106 cm³/mol. The second-order valence-corrected chi connectivity index (χ2v) is 8.52. The van der Waals surface area contributed by atoms with Gasteiger partial charge in [-0.25, -0.2) is 0 Å². The van der Waals surface area contributed by atoms with Crippen molar-refractivity contribution in [3.63, 3.8) is 0 Å². The van der Waals surface area contributed by atoms with Crippen molar-refractivity contribution in [2.75, 3.05) is 39.3 Å². The summed E-state index contributed by atoms with van der Waals surface area (Å²) in [5.74, 6) is 0.323. The molecule has 0 aromatic heterocycles. The number of fused-ring (bicyclic) bond motifs is 1. The molecular formula is C21H28ClN3O2. The minimum absolute atomic E-state index is 0.147. The molecule has 4 rings (SSSR count). The molecule has 0 saturated carbocycles. The molecule has 3 fully saturated rings. The Morgan fingerprint density at radius 3 is 2.63 bits per heavy atom. The first-order valence-corrected chi connectivity index (χ1v) is 10.5. The molecule has 0 N–H and O–H groups in total. The lowest BCUT2D eigenvalue weighted by molar-refractivity contribution is -0.139. The van der Waals surface area contributed by atoms with Crippen molar-refractivity contribution in [1.29, 1.82) is 0 Å². The van der Waals surface area contributed by atoms with Crippen LogP contribution in [0.4, 0.5) is 0 Å². The number of benzene rings is 1. The first-order valence-electron chi connectivity index (χ1n) is 10.1. The maximum Gasteiger partial charge on any atom is 0.235 e. The summed E-state index contributed by atoms with van der Waals surface area (Å²) in [6.45, 7) is 7.09. The van der Waals surface area contributed by atoms with E-state index in [4.69, 9.17) is 11.6 Å². The quantitative estimate of drug-likeness (QED) is 0.794. The van der Waals surface area contributed by atoms with Gasteiger partial charge in [-0.15, -0.1) is 0 Å². The van der Waals surface area contributed by atoms with Crippen molar-refractivity contribution in [2.45, 2.75) is 44.1 Å². The summed E-state index contributed by atoms with van der Waals surface area (Å²) in [7, 11) is 0. The van der Waals surface area contributed by atoms with Crippen LogP contribution in [0, 0.1) is 0 Å². The van der Waals surface area contributed by atoms with Crippen LogP contribution in [0.1, 0.15) is 38.2 Å². The van der Waals surface area contributed by atoms with Crippen LogP contribution in [0.2, 0.25) is 5.02 Å². The number of piperazine rings is 1. The number of rotatable bonds is 4. The highest BCUT2D eigenvalue weighted by atomic mass is 35.5. The van der Waals surface area contributed by atoms with E-state index in [1.807, 2.05) is 34.1 Å². The Labute approximate surface area is 166 Å². The van der Waals surface area contributed by atoms with E-state index in [1.165, 1.54) is 0 Å². The number of hydrogen-bond donors (Lipinski definition) is 0. The van der Waals surface area contributed by atoms with Gasteiger partial charge >= 0.3 is 0 Å². The van der Waals surface area contributed by atoms with E-state index in [2.05, 4.69) is 11.8 Å². The van der Waals surface area contributed by atoms with Crippen LogP contribution in [0.25, 0.3) is 0 Å². The molecule has 27 heavy (non-hydrogen) atoms. The first kappa shape index (κ1) is 18.8. The number of halogens is 1. The van der Waals surface area contributed by atoms with Crippen molar-refractivity contribution in [2.24, 2.45) is 0 Å². The van der Waals surface area contributed by atoms with Crippen LogP contribution in [0.5, 0.6) is 0 Å². The van der Waals surface area contributed by atoms with Crippen LogP contribution < -0.4 is 0 Å². The normalized spacial score (nSPS) is 28.7. The summed E-state index contributed by atoms with van der Waals surface area (Å²) >= 11 is 6.55. The van der Waals surface area contributed by atoms with Crippen LogP contribution in [0.3, 0.4) is 0 Å². The Morgan fingerprint density at radius 1 is 1.22 bits per heavy atom. The molecule has 1 aromatic carbocycles. The lowest BCUT2D eigenvalue weighted by Gasteiger charge is -2.40. The molecule has 0 unspecified atom stereocenters. The van der Waals surface area contributed by atoms with Gasteiger partial charge in [-0.1, -0.05) is 36.7 Å². The van der Waals surface area contributed by atoms with Crippen LogP contribution in [-0.2, 0) is 15.0 Å². The van der Waals surface area contributed by atoms with Gasteiger partial charge in [0.25, 0.3) is 0 Å². The summed E-state index contributed by atoms with van der Waals surface area (Å²) in [6, 6.07) is 7.84. The minimum atomic E-state index is -0.702. The molecule has 0 bridgehead atoms. The third-order valence-electron chi connectivity index (χ3n) is 6.48. The van der Waals surface area contributed by atoms with E-state index >= 15 is 0 Å². The van der Waals surface area contributed by atoms with Crippen molar-refractivity contribution < 1.29 is 9.59 Å². The van der Waals surface area contributed by atoms with Crippen molar-refractivity contribution >= 4 is 23.4 Å². The minimum Gasteiger partial charge on any atom is -0.339 e. The number of nitrogens with zero attached hydrogens (tertiary/aromatic N) is 3. The summed E-state index contributed by atoms with van der Waals surface area (Å²) < 4.78 is 0. The zero-order valence-corrected chi connectivity index (χ0v) is 16.7. The highest BCUT2D eigenvalue weighted by Gasteiger charge is 2.55. The van der Waals surface area contributed by atoms with E-state index in [0.717, 1.165) is 51.1 Å². The molecule has 5 nitrogen and oxygen atoms in total. The second-order valence-electron chi connectivity index (χ2n) is 8.11. The van der Waals surface area contributed by atoms with Gasteiger partial charge in [-0.05, 0) is 37.4 Å². The average Bonchev–Trinajstić information content (AvgIpc) is 3.22. The fraction of sp³-hybridized carbons (Fsp3) is 0.619. The van der Waals surface area contributed by atoms with E-state index in [9.17, 15) is 9.59 Å². The Hall–Kier alpha value is -1.59. The average molecular weight is 390 g/mol. The zero-order chi connectivity index (χ0) is 19.0. The Morgan fingerprint density at radius 2 is 1.96 bits per heavy atom. The van der Waals surface area contributed by atoms with Gasteiger partial charge in [0.2, 0.25) is 11.8 Å². The van der Waals surface area contributed by atoms with E-state index in [0.29, 0.717) is 24.4 Å². The molecule has 3 saturated heterocycles. The third kappa shape index (κ3) is 3.25. The smallest absolute Gasteiger partial charge is 0.235 e. The molecule has 2 atom stereocenters. The van der Waals surface area contributed by atoms with Crippen molar-refractivity contribution in [3.8, 4) is 0 Å². The molecular weight excluding hydrogens is 362 g/mol. The van der Waals surface area contributed by atoms with Gasteiger partial charge in [-0.2, -0.15) is 0 Å². The van der Waals surface area contributed by atoms with Crippen LogP contribution in [-0.4, -0.2) is 71.8 Å².